The number of aromatic nitrogens is 5. The summed E-state index contributed by atoms with van der Waals surface area (Å²) in [5, 5.41) is 22.7. The van der Waals surface area contributed by atoms with E-state index in [0.29, 0.717) is 11.6 Å². The number of fused-ring (bicyclic) bond motifs is 1. The summed E-state index contributed by atoms with van der Waals surface area (Å²) >= 11 is 1.41. The molecule has 0 bridgehead atoms. The van der Waals surface area contributed by atoms with Crippen LogP contribution in [0.4, 0.5) is 0 Å². The van der Waals surface area contributed by atoms with Gasteiger partial charge in [0.25, 0.3) is 0 Å². The fourth-order valence-corrected chi connectivity index (χ4v) is 3.56. The van der Waals surface area contributed by atoms with Gasteiger partial charge in [0, 0.05) is 5.69 Å². The average molecular weight is 298 g/mol. The van der Waals surface area contributed by atoms with E-state index < -0.39 is 0 Å². The van der Waals surface area contributed by atoms with Crippen molar-refractivity contribution in [3.63, 3.8) is 0 Å². The largest absolute Gasteiger partial charge is 0.244 e. The summed E-state index contributed by atoms with van der Waals surface area (Å²) in [5.41, 5.74) is 2.99. The lowest BCUT2D eigenvalue weighted by Crippen LogP contribution is -2.07. The molecular weight excluding hydrogens is 284 g/mol. The Kier molecular flexibility index (Phi) is 3.11. The standard InChI is InChI=1S/C14H14N6S/c15-8-10-7-9-3-1-2-4-12(9)16-13(10)21-14-17-18-19-20(14)11-5-6-11/h7,11H,1-6H2. The molecule has 1 saturated carbocycles. The third-order valence-electron chi connectivity index (χ3n) is 3.93. The summed E-state index contributed by atoms with van der Waals surface area (Å²) in [7, 11) is 0. The van der Waals surface area contributed by atoms with Crippen molar-refractivity contribution in [2.24, 2.45) is 0 Å². The maximum absolute atomic E-state index is 9.38. The Balaban J connectivity index is 1.70. The normalized spacial score (nSPS) is 17.3. The van der Waals surface area contributed by atoms with Crippen molar-refractivity contribution in [3.05, 3.63) is 22.9 Å². The second kappa shape index (κ2) is 5.11. The molecule has 0 radical (unpaired) electrons. The molecule has 6 nitrogen and oxygen atoms in total. The molecule has 0 N–H and O–H groups in total. The molecule has 106 valence electrons. The molecule has 2 aliphatic carbocycles. The minimum Gasteiger partial charge on any atom is -0.244 e. The van der Waals surface area contributed by atoms with Gasteiger partial charge in [-0.3, -0.25) is 0 Å². The first-order valence-corrected chi connectivity index (χ1v) is 8.05. The summed E-state index contributed by atoms with van der Waals surface area (Å²) in [6.07, 6.45) is 6.65. The molecule has 2 aromatic heterocycles. The van der Waals surface area contributed by atoms with Crippen LogP contribution < -0.4 is 0 Å². The van der Waals surface area contributed by atoms with Crippen LogP contribution in [0.3, 0.4) is 0 Å². The SMILES string of the molecule is N#Cc1cc2c(nc1Sc1nnnn1C1CC1)CCCC2. The molecule has 0 atom stereocenters. The highest BCUT2D eigenvalue weighted by Crippen LogP contribution is 2.38. The summed E-state index contributed by atoms with van der Waals surface area (Å²) in [5.74, 6) is 0. The van der Waals surface area contributed by atoms with Crippen molar-refractivity contribution in [1.82, 2.24) is 25.2 Å². The van der Waals surface area contributed by atoms with E-state index >= 15 is 0 Å². The van der Waals surface area contributed by atoms with E-state index in [4.69, 9.17) is 4.98 Å². The van der Waals surface area contributed by atoms with Gasteiger partial charge < -0.3 is 0 Å². The smallest absolute Gasteiger partial charge is 0.215 e. The zero-order valence-electron chi connectivity index (χ0n) is 11.5. The number of tetrazole rings is 1. The molecule has 0 unspecified atom stereocenters. The Morgan fingerprint density at radius 3 is 2.95 bits per heavy atom. The fourth-order valence-electron chi connectivity index (χ4n) is 2.66. The number of nitrogens with zero attached hydrogens (tertiary/aromatic N) is 6. The van der Waals surface area contributed by atoms with E-state index in [1.165, 1.54) is 30.2 Å². The van der Waals surface area contributed by atoms with Gasteiger partial charge in [0.05, 0.1) is 11.6 Å². The molecule has 0 amide bonds. The zero-order valence-corrected chi connectivity index (χ0v) is 12.3. The number of nitriles is 1. The lowest BCUT2D eigenvalue weighted by molar-refractivity contribution is 0.565. The molecule has 21 heavy (non-hydrogen) atoms. The van der Waals surface area contributed by atoms with E-state index in [1.54, 1.807) is 0 Å². The highest BCUT2D eigenvalue weighted by atomic mass is 32.2. The van der Waals surface area contributed by atoms with Crippen molar-refractivity contribution in [1.29, 1.82) is 5.26 Å². The first kappa shape index (κ1) is 12.8. The predicted molar refractivity (Wildman–Crippen MR) is 75.8 cm³/mol. The molecule has 2 aromatic rings. The highest BCUT2D eigenvalue weighted by Gasteiger charge is 2.28. The van der Waals surface area contributed by atoms with Crippen LogP contribution in [-0.4, -0.2) is 25.2 Å². The Morgan fingerprint density at radius 2 is 2.14 bits per heavy atom. The average Bonchev–Trinajstić information content (AvgIpc) is 3.26. The molecule has 0 aliphatic heterocycles. The molecule has 2 heterocycles. The molecule has 0 saturated heterocycles. The maximum atomic E-state index is 9.38. The van der Waals surface area contributed by atoms with Crippen molar-refractivity contribution in [2.45, 2.75) is 54.7 Å². The molecule has 0 spiro atoms. The number of aryl methyl sites for hydroxylation is 2. The molecule has 2 aliphatic rings. The number of pyridine rings is 1. The van der Waals surface area contributed by atoms with Crippen LogP contribution in [0, 0.1) is 11.3 Å². The summed E-state index contributed by atoms with van der Waals surface area (Å²) < 4.78 is 1.85. The molecular formula is C14H14N6S. The first-order chi connectivity index (χ1) is 10.3. The van der Waals surface area contributed by atoms with Gasteiger partial charge in [0.1, 0.15) is 11.1 Å². The van der Waals surface area contributed by atoms with Crippen LogP contribution in [0.15, 0.2) is 16.2 Å². The molecule has 0 aromatic carbocycles. The van der Waals surface area contributed by atoms with Crippen molar-refractivity contribution >= 4 is 11.8 Å². The summed E-state index contributed by atoms with van der Waals surface area (Å²) in [4.78, 5) is 4.71. The Morgan fingerprint density at radius 1 is 1.29 bits per heavy atom. The summed E-state index contributed by atoms with van der Waals surface area (Å²) in [6.45, 7) is 0. The minimum atomic E-state index is 0.422. The van der Waals surface area contributed by atoms with Gasteiger partial charge in [-0.05, 0) is 72.3 Å². The van der Waals surface area contributed by atoms with E-state index in [0.717, 1.165) is 41.6 Å². The second-order valence-corrected chi connectivity index (χ2v) is 6.46. The molecule has 1 fully saturated rings. The zero-order chi connectivity index (χ0) is 14.2. The van der Waals surface area contributed by atoms with Gasteiger partial charge in [0.15, 0.2) is 0 Å². The minimum absolute atomic E-state index is 0.422. The van der Waals surface area contributed by atoms with E-state index in [1.807, 2.05) is 10.7 Å². The van der Waals surface area contributed by atoms with Crippen LogP contribution in [0.25, 0.3) is 0 Å². The first-order valence-electron chi connectivity index (χ1n) is 7.24. The molecule has 4 rings (SSSR count). The van der Waals surface area contributed by atoms with Crippen LogP contribution in [-0.2, 0) is 12.8 Å². The van der Waals surface area contributed by atoms with Crippen LogP contribution in [0.2, 0.25) is 0 Å². The van der Waals surface area contributed by atoms with Crippen LogP contribution in [0.5, 0.6) is 0 Å². The van der Waals surface area contributed by atoms with Gasteiger partial charge in [0.2, 0.25) is 5.16 Å². The highest BCUT2D eigenvalue weighted by molar-refractivity contribution is 7.99. The predicted octanol–water partition coefficient (Wildman–Crippen LogP) is 2.30. The topological polar surface area (TPSA) is 80.3 Å². The Hall–Kier alpha value is -1.94. The van der Waals surface area contributed by atoms with Gasteiger partial charge in [-0.2, -0.15) is 5.26 Å². The lowest BCUT2D eigenvalue weighted by atomic mass is 9.95. The molecule has 7 heteroatoms. The fraction of sp³-hybridized carbons (Fsp3) is 0.500. The lowest BCUT2D eigenvalue weighted by Gasteiger charge is -2.16. The second-order valence-electron chi connectivity index (χ2n) is 5.51. The Labute approximate surface area is 126 Å². The summed E-state index contributed by atoms with van der Waals surface area (Å²) in [6, 6.07) is 4.68. The monoisotopic (exact) mass is 298 g/mol. The van der Waals surface area contributed by atoms with Crippen molar-refractivity contribution in [2.75, 3.05) is 0 Å². The number of rotatable bonds is 3. The van der Waals surface area contributed by atoms with Crippen LogP contribution >= 0.6 is 11.8 Å². The van der Waals surface area contributed by atoms with Crippen LogP contribution in [0.1, 0.15) is 48.5 Å². The Bertz CT molecular complexity index is 728. The van der Waals surface area contributed by atoms with Crippen molar-refractivity contribution < 1.29 is 0 Å². The maximum Gasteiger partial charge on any atom is 0.215 e. The van der Waals surface area contributed by atoms with E-state index in [2.05, 4.69) is 21.6 Å². The van der Waals surface area contributed by atoms with E-state index in [9.17, 15) is 5.26 Å². The van der Waals surface area contributed by atoms with Gasteiger partial charge in [-0.25, -0.2) is 9.67 Å². The van der Waals surface area contributed by atoms with Gasteiger partial charge in [-0.1, -0.05) is 0 Å². The van der Waals surface area contributed by atoms with Crippen molar-refractivity contribution in [3.8, 4) is 6.07 Å². The quantitative estimate of drug-likeness (QED) is 0.865. The van der Waals surface area contributed by atoms with E-state index in [-0.39, 0.29) is 0 Å². The third-order valence-corrected chi connectivity index (χ3v) is 4.89. The number of hydrogen-bond acceptors (Lipinski definition) is 6. The van der Waals surface area contributed by atoms with Gasteiger partial charge >= 0.3 is 0 Å². The number of hydrogen-bond donors (Lipinski definition) is 0. The van der Waals surface area contributed by atoms with Gasteiger partial charge in [-0.15, -0.1) is 5.10 Å². The third kappa shape index (κ3) is 2.40.